The summed E-state index contributed by atoms with van der Waals surface area (Å²) in [5.41, 5.74) is 0.466. The van der Waals surface area contributed by atoms with Gasteiger partial charge in [0.05, 0.1) is 13.2 Å². The van der Waals surface area contributed by atoms with Gasteiger partial charge in [-0.2, -0.15) is 0 Å². The second-order valence-electron chi connectivity index (χ2n) is 5.13. The first-order valence-corrected chi connectivity index (χ1v) is 7.02. The smallest absolute Gasteiger partial charge is 0.248 e. The lowest BCUT2D eigenvalue weighted by atomic mass is 9.74. The third-order valence-electron chi connectivity index (χ3n) is 4.33. The van der Waals surface area contributed by atoms with Crippen LogP contribution in [0.1, 0.15) is 39.5 Å². The van der Waals surface area contributed by atoms with E-state index in [-0.39, 0.29) is 12.5 Å². The highest BCUT2D eigenvalue weighted by atomic mass is 16.5. The van der Waals surface area contributed by atoms with E-state index >= 15 is 0 Å². The summed E-state index contributed by atoms with van der Waals surface area (Å²) in [6.07, 6.45) is 4.69. The van der Waals surface area contributed by atoms with E-state index in [0.717, 1.165) is 25.9 Å². The van der Waals surface area contributed by atoms with Gasteiger partial charge in [-0.15, -0.1) is 0 Å². The maximum absolute atomic E-state index is 11.9. The van der Waals surface area contributed by atoms with E-state index in [1.165, 1.54) is 12.8 Å². The van der Waals surface area contributed by atoms with Crippen molar-refractivity contribution >= 4 is 5.91 Å². The van der Waals surface area contributed by atoms with Crippen LogP contribution in [0.25, 0.3) is 0 Å². The predicted molar refractivity (Wildman–Crippen MR) is 71.5 cm³/mol. The van der Waals surface area contributed by atoms with Crippen LogP contribution in [0.2, 0.25) is 0 Å². The van der Waals surface area contributed by atoms with Crippen LogP contribution in [0.3, 0.4) is 0 Å². The number of carbonyl (C=O) groups is 1. The molecule has 4 nitrogen and oxygen atoms in total. The van der Waals surface area contributed by atoms with Crippen molar-refractivity contribution in [2.75, 3.05) is 40.0 Å². The normalized spacial score (nSPS) is 18.9. The number of piperidine rings is 1. The molecule has 1 fully saturated rings. The summed E-state index contributed by atoms with van der Waals surface area (Å²) < 4.78 is 10.2. The predicted octanol–water partition coefficient (Wildman–Crippen LogP) is 2.08. The van der Waals surface area contributed by atoms with Crippen molar-refractivity contribution < 1.29 is 14.3 Å². The van der Waals surface area contributed by atoms with Gasteiger partial charge in [-0.1, -0.05) is 26.7 Å². The lowest BCUT2D eigenvalue weighted by molar-refractivity contribution is -0.139. The summed E-state index contributed by atoms with van der Waals surface area (Å²) in [5.74, 6) is 0.118. The Kier molecular flexibility index (Phi) is 6.65. The molecule has 0 atom stereocenters. The summed E-state index contributed by atoms with van der Waals surface area (Å²) in [7, 11) is 1.63. The molecular formula is C14H27NO3. The van der Waals surface area contributed by atoms with Crippen molar-refractivity contribution in [1.82, 2.24) is 4.90 Å². The minimum absolute atomic E-state index is 0.118. The van der Waals surface area contributed by atoms with Crippen LogP contribution in [0.15, 0.2) is 0 Å². The second-order valence-corrected chi connectivity index (χ2v) is 5.13. The largest absolute Gasteiger partial charge is 0.382 e. The third kappa shape index (κ3) is 4.25. The molecule has 4 heteroatoms. The van der Waals surface area contributed by atoms with Gasteiger partial charge >= 0.3 is 0 Å². The molecule has 0 aromatic carbocycles. The summed E-state index contributed by atoms with van der Waals surface area (Å²) >= 11 is 0. The SMILES string of the molecule is CCC1(CC)CCN(C(=O)COCCOC)CC1. The van der Waals surface area contributed by atoms with Crippen LogP contribution in [0.5, 0.6) is 0 Å². The topological polar surface area (TPSA) is 38.8 Å². The van der Waals surface area contributed by atoms with Crippen LogP contribution in [0, 0.1) is 5.41 Å². The van der Waals surface area contributed by atoms with Crippen LogP contribution < -0.4 is 0 Å². The zero-order valence-corrected chi connectivity index (χ0v) is 12.0. The molecule has 0 bridgehead atoms. The van der Waals surface area contributed by atoms with Crippen molar-refractivity contribution in [3.8, 4) is 0 Å². The van der Waals surface area contributed by atoms with E-state index in [1.807, 2.05) is 4.90 Å². The number of likely N-dealkylation sites (tertiary alicyclic amines) is 1. The third-order valence-corrected chi connectivity index (χ3v) is 4.33. The van der Waals surface area contributed by atoms with E-state index in [4.69, 9.17) is 9.47 Å². The first-order chi connectivity index (χ1) is 8.67. The van der Waals surface area contributed by atoms with Gasteiger partial charge in [-0.3, -0.25) is 4.79 Å². The van der Waals surface area contributed by atoms with Gasteiger partial charge in [-0.25, -0.2) is 0 Å². The maximum atomic E-state index is 11.9. The molecule has 0 saturated carbocycles. The van der Waals surface area contributed by atoms with Crippen molar-refractivity contribution in [3.05, 3.63) is 0 Å². The van der Waals surface area contributed by atoms with E-state index in [1.54, 1.807) is 7.11 Å². The van der Waals surface area contributed by atoms with Crippen LogP contribution in [0.4, 0.5) is 0 Å². The molecule has 1 rings (SSSR count). The Morgan fingerprint density at radius 2 is 1.78 bits per heavy atom. The monoisotopic (exact) mass is 257 g/mol. The van der Waals surface area contributed by atoms with Crippen molar-refractivity contribution in [2.24, 2.45) is 5.41 Å². The van der Waals surface area contributed by atoms with Crippen LogP contribution >= 0.6 is 0 Å². The fourth-order valence-corrected chi connectivity index (χ4v) is 2.58. The Bertz CT molecular complexity index is 241. The van der Waals surface area contributed by atoms with Crippen molar-refractivity contribution in [1.29, 1.82) is 0 Å². The van der Waals surface area contributed by atoms with Gasteiger partial charge in [0, 0.05) is 20.2 Å². The molecule has 0 aromatic rings. The Balaban J connectivity index is 2.27. The molecule has 0 radical (unpaired) electrons. The number of rotatable bonds is 7. The highest BCUT2D eigenvalue weighted by Crippen LogP contribution is 2.37. The summed E-state index contributed by atoms with van der Waals surface area (Å²) in [5, 5.41) is 0. The summed E-state index contributed by atoms with van der Waals surface area (Å²) in [6.45, 7) is 7.51. The van der Waals surface area contributed by atoms with Gasteiger partial charge in [0.2, 0.25) is 5.91 Å². The maximum Gasteiger partial charge on any atom is 0.248 e. The first-order valence-electron chi connectivity index (χ1n) is 7.02. The highest BCUT2D eigenvalue weighted by molar-refractivity contribution is 5.77. The molecule has 1 aliphatic rings. The average molecular weight is 257 g/mol. The van der Waals surface area contributed by atoms with E-state index < -0.39 is 0 Å². The zero-order valence-electron chi connectivity index (χ0n) is 12.0. The second kappa shape index (κ2) is 7.74. The van der Waals surface area contributed by atoms with E-state index in [9.17, 15) is 4.79 Å². The van der Waals surface area contributed by atoms with Gasteiger partial charge in [-0.05, 0) is 18.3 Å². The number of nitrogens with zero attached hydrogens (tertiary/aromatic N) is 1. The highest BCUT2D eigenvalue weighted by Gasteiger charge is 2.32. The Morgan fingerprint density at radius 1 is 1.17 bits per heavy atom. The molecule has 106 valence electrons. The standard InChI is InChI=1S/C14H27NO3/c1-4-14(5-2)6-8-15(9-7-14)13(16)12-18-11-10-17-3/h4-12H2,1-3H3. The molecule has 18 heavy (non-hydrogen) atoms. The lowest BCUT2D eigenvalue weighted by Crippen LogP contribution is -2.44. The lowest BCUT2D eigenvalue weighted by Gasteiger charge is -2.41. The minimum atomic E-state index is 0.118. The number of amides is 1. The van der Waals surface area contributed by atoms with Gasteiger partial charge in [0.1, 0.15) is 6.61 Å². The molecular weight excluding hydrogens is 230 g/mol. The van der Waals surface area contributed by atoms with Crippen LogP contribution in [-0.4, -0.2) is 50.8 Å². The Hall–Kier alpha value is -0.610. The molecule has 0 aromatic heterocycles. The Labute approximate surface area is 111 Å². The summed E-state index contributed by atoms with van der Waals surface area (Å²) in [6, 6.07) is 0. The number of hydrogen-bond donors (Lipinski definition) is 0. The van der Waals surface area contributed by atoms with E-state index in [2.05, 4.69) is 13.8 Å². The van der Waals surface area contributed by atoms with Crippen molar-refractivity contribution in [2.45, 2.75) is 39.5 Å². The molecule has 1 amide bonds. The first kappa shape index (κ1) is 15.4. The number of hydrogen-bond acceptors (Lipinski definition) is 3. The molecule has 0 unspecified atom stereocenters. The minimum Gasteiger partial charge on any atom is -0.382 e. The molecule has 1 aliphatic heterocycles. The van der Waals surface area contributed by atoms with Gasteiger partial charge in [0.15, 0.2) is 0 Å². The fraction of sp³-hybridized carbons (Fsp3) is 0.929. The molecule has 1 heterocycles. The molecule has 0 aliphatic carbocycles. The average Bonchev–Trinajstić information content (AvgIpc) is 2.43. The van der Waals surface area contributed by atoms with Gasteiger partial charge < -0.3 is 14.4 Å². The number of ether oxygens (including phenoxy) is 2. The van der Waals surface area contributed by atoms with Crippen LogP contribution in [-0.2, 0) is 14.3 Å². The quantitative estimate of drug-likeness (QED) is 0.655. The molecule has 0 N–H and O–H groups in total. The number of methoxy groups -OCH3 is 1. The zero-order chi connectivity index (χ0) is 13.4. The number of carbonyl (C=O) groups excluding carboxylic acids is 1. The van der Waals surface area contributed by atoms with Crippen molar-refractivity contribution in [3.63, 3.8) is 0 Å². The molecule has 0 spiro atoms. The summed E-state index contributed by atoms with van der Waals surface area (Å²) in [4.78, 5) is 13.8. The molecule has 1 saturated heterocycles. The van der Waals surface area contributed by atoms with Gasteiger partial charge in [0.25, 0.3) is 0 Å². The fourth-order valence-electron chi connectivity index (χ4n) is 2.58. The van der Waals surface area contributed by atoms with E-state index in [0.29, 0.717) is 18.6 Å². The Morgan fingerprint density at radius 3 is 2.28 bits per heavy atom.